The number of anilines is 1. The highest BCUT2D eigenvalue weighted by Crippen LogP contribution is 2.22. The fourth-order valence-corrected chi connectivity index (χ4v) is 3.68. The first kappa shape index (κ1) is 22.1. The maximum absolute atomic E-state index is 13.1. The molecule has 0 radical (unpaired) electrons. The normalized spacial score (nSPS) is 11.5. The molecule has 3 aromatic carbocycles. The summed E-state index contributed by atoms with van der Waals surface area (Å²) in [5.74, 6) is 0.0159. The van der Waals surface area contributed by atoms with Gasteiger partial charge in [0.2, 0.25) is 5.91 Å². The molecule has 166 valence electrons. The van der Waals surface area contributed by atoms with E-state index >= 15 is 0 Å². The van der Waals surface area contributed by atoms with E-state index in [0.29, 0.717) is 6.54 Å². The Morgan fingerprint density at radius 2 is 1.48 bits per heavy atom. The van der Waals surface area contributed by atoms with Crippen molar-refractivity contribution in [2.24, 2.45) is 0 Å². The number of carbonyl (C=O) groups is 2. The number of rotatable bonds is 8. The minimum atomic E-state index is -0.217. The highest BCUT2D eigenvalue weighted by atomic mass is 16.3. The van der Waals surface area contributed by atoms with Gasteiger partial charge in [0.1, 0.15) is 0 Å². The zero-order valence-electron chi connectivity index (χ0n) is 18.5. The maximum atomic E-state index is 13.1. The van der Waals surface area contributed by atoms with Crippen molar-refractivity contribution in [1.82, 2.24) is 5.32 Å². The summed E-state index contributed by atoms with van der Waals surface area (Å²) in [5, 5.41) is 3.04. The Labute approximate surface area is 193 Å². The van der Waals surface area contributed by atoms with Gasteiger partial charge in [-0.25, -0.2) is 0 Å². The van der Waals surface area contributed by atoms with Crippen LogP contribution < -0.4 is 10.2 Å². The van der Waals surface area contributed by atoms with Crippen LogP contribution in [0.3, 0.4) is 0 Å². The summed E-state index contributed by atoms with van der Waals surface area (Å²) in [6.45, 7) is 2.38. The first-order chi connectivity index (χ1) is 16.1. The molecule has 0 saturated heterocycles. The minimum Gasteiger partial charge on any atom is -0.459 e. The summed E-state index contributed by atoms with van der Waals surface area (Å²) >= 11 is 0. The first-order valence-corrected chi connectivity index (χ1v) is 10.9. The third-order valence-electron chi connectivity index (χ3n) is 5.45. The second-order valence-corrected chi connectivity index (χ2v) is 7.90. The molecule has 1 unspecified atom stereocenters. The zero-order valence-corrected chi connectivity index (χ0v) is 18.5. The Kier molecular flexibility index (Phi) is 7.00. The second-order valence-electron chi connectivity index (χ2n) is 7.90. The monoisotopic (exact) mass is 438 g/mol. The fourth-order valence-electron chi connectivity index (χ4n) is 3.68. The molecule has 33 heavy (non-hydrogen) atoms. The lowest BCUT2D eigenvalue weighted by Crippen LogP contribution is -2.30. The van der Waals surface area contributed by atoms with Crippen molar-refractivity contribution in [1.29, 1.82) is 0 Å². The van der Waals surface area contributed by atoms with Crippen LogP contribution in [-0.4, -0.2) is 11.8 Å². The predicted molar refractivity (Wildman–Crippen MR) is 129 cm³/mol. The third kappa shape index (κ3) is 5.77. The molecule has 4 rings (SSSR count). The lowest BCUT2D eigenvalue weighted by molar-refractivity contribution is -0.121. The van der Waals surface area contributed by atoms with E-state index in [1.165, 1.54) is 6.26 Å². The molecule has 5 nitrogen and oxygen atoms in total. The fraction of sp³-hybridized carbons (Fsp3) is 0.143. The number of amides is 2. The van der Waals surface area contributed by atoms with Crippen LogP contribution in [0, 0.1) is 0 Å². The molecule has 0 aliphatic heterocycles. The summed E-state index contributed by atoms with van der Waals surface area (Å²) in [5.41, 5.74) is 3.69. The second kappa shape index (κ2) is 10.5. The molecule has 5 heteroatoms. The molecule has 1 heterocycles. The van der Waals surface area contributed by atoms with E-state index in [-0.39, 0.29) is 30.0 Å². The summed E-state index contributed by atoms with van der Waals surface area (Å²) in [6.07, 6.45) is 1.76. The Morgan fingerprint density at radius 1 is 0.818 bits per heavy atom. The van der Waals surface area contributed by atoms with Gasteiger partial charge in [-0.1, -0.05) is 72.8 Å². The number of benzene rings is 3. The van der Waals surface area contributed by atoms with E-state index in [1.807, 2.05) is 91.9 Å². The molecule has 0 saturated carbocycles. The van der Waals surface area contributed by atoms with Crippen LogP contribution in [0.2, 0.25) is 0 Å². The molecule has 2 amide bonds. The zero-order chi connectivity index (χ0) is 23.0. The average molecular weight is 439 g/mol. The van der Waals surface area contributed by atoms with E-state index < -0.39 is 0 Å². The van der Waals surface area contributed by atoms with E-state index in [1.54, 1.807) is 17.0 Å². The van der Waals surface area contributed by atoms with Crippen molar-refractivity contribution in [3.05, 3.63) is 126 Å². The van der Waals surface area contributed by atoms with Crippen molar-refractivity contribution in [3.63, 3.8) is 0 Å². The highest BCUT2D eigenvalue weighted by molar-refractivity contribution is 6.04. The SMILES string of the molecule is CC(NC(=O)Cc1ccc(N(Cc2ccccc2)C(=O)c2ccco2)cc1)c1ccccc1. The van der Waals surface area contributed by atoms with Gasteiger partial charge < -0.3 is 14.6 Å². The number of hydrogen-bond donors (Lipinski definition) is 1. The Bertz CT molecular complexity index is 1170. The van der Waals surface area contributed by atoms with Crippen molar-refractivity contribution in [2.75, 3.05) is 4.90 Å². The molecule has 0 spiro atoms. The molecular formula is C28H26N2O3. The summed E-state index contributed by atoms with van der Waals surface area (Å²) in [6, 6.07) is 30.5. The standard InChI is InChI=1S/C28H26N2O3/c1-21(24-11-6-3-7-12-24)29-27(31)19-22-14-16-25(17-15-22)30(20-23-9-4-2-5-10-23)28(32)26-13-8-18-33-26/h2-18,21H,19-20H2,1H3,(H,29,31). The van der Waals surface area contributed by atoms with Gasteiger partial charge >= 0.3 is 0 Å². The molecule has 0 fully saturated rings. The van der Waals surface area contributed by atoms with Crippen LogP contribution in [0.5, 0.6) is 0 Å². The summed E-state index contributed by atoms with van der Waals surface area (Å²) in [4.78, 5) is 27.3. The van der Waals surface area contributed by atoms with E-state index in [2.05, 4.69) is 5.32 Å². The Balaban J connectivity index is 1.46. The van der Waals surface area contributed by atoms with E-state index in [0.717, 1.165) is 22.4 Å². The predicted octanol–water partition coefficient (Wildman–Crippen LogP) is 5.55. The largest absolute Gasteiger partial charge is 0.459 e. The molecule has 0 bridgehead atoms. The van der Waals surface area contributed by atoms with Gasteiger partial charge in [-0.15, -0.1) is 0 Å². The van der Waals surface area contributed by atoms with Crippen LogP contribution in [0.1, 0.15) is 40.2 Å². The van der Waals surface area contributed by atoms with Crippen LogP contribution in [0.15, 0.2) is 108 Å². The molecule has 1 N–H and O–H groups in total. The molecule has 0 aliphatic rings. The summed E-state index contributed by atoms with van der Waals surface area (Å²) < 4.78 is 5.34. The third-order valence-corrected chi connectivity index (χ3v) is 5.45. The number of furan rings is 1. The van der Waals surface area contributed by atoms with Crippen molar-refractivity contribution >= 4 is 17.5 Å². The first-order valence-electron chi connectivity index (χ1n) is 10.9. The van der Waals surface area contributed by atoms with Crippen molar-refractivity contribution in [2.45, 2.75) is 25.9 Å². The van der Waals surface area contributed by atoms with Crippen LogP contribution >= 0.6 is 0 Å². The topological polar surface area (TPSA) is 62.6 Å². The van der Waals surface area contributed by atoms with Crippen molar-refractivity contribution in [3.8, 4) is 0 Å². The highest BCUT2D eigenvalue weighted by Gasteiger charge is 2.20. The van der Waals surface area contributed by atoms with E-state index in [9.17, 15) is 9.59 Å². The molecule has 1 aromatic heterocycles. The molecule has 1 atom stereocenters. The van der Waals surface area contributed by atoms with Gasteiger partial charge in [-0.05, 0) is 47.9 Å². The van der Waals surface area contributed by atoms with Crippen molar-refractivity contribution < 1.29 is 14.0 Å². The van der Waals surface area contributed by atoms with Crippen LogP contribution in [-0.2, 0) is 17.8 Å². The van der Waals surface area contributed by atoms with Gasteiger partial charge in [-0.3, -0.25) is 9.59 Å². The van der Waals surface area contributed by atoms with Gasteiger partial charge in [0.25, 0.3) is 5.91 Å². The van der Waals surface area contributed by atoms with Gasteiger partial charge in [0.05, 0.1) is 25.3 Å². The maximum Gasteiger partial charge on any atom is 0.294 e. The number of hydrogen-bond acceptors (Lipinski definition) is 3. The van der Waals surface area contributed by atoms with Gasteiger partial charge in [-0.2, -0.15) is 0 Å². The minimum absolute atomic E-state index is 0.0492. The molecular weight excluding hydrogens is 412 g/mol. The lowest BCUT2D eigenvalue weighted by atomic mass is 10.1. The molecule has 4 aromatic rings. The number of carbonyl (C=O) groups excluding carboxylic acids is 2. The average Bonchev–Trinajstić information content (AvgIpc) is 3.39. The van der Waals surface area contributed by atoms with E-state index in [4.69, 9.17) is 4.42 Å². The van der Waals surface area contributed by atoms with Gasteiger partial charge in [0, 0.05) is 5.69 Å². The van der Waals surface area contributed by atoms with Gasteiger partial charge in [0.15, 0.2) is 5.76 Å². The van der Waals surface area contributed by atoms with Crippen LogP contribution in [0.4, 0.5) is 5.69 Å². The van der Waals surface area contributed by atoms with Crippen LogP contribution in [0.25, 0.3) is 0 Å². The lowest BCUT2D eigenvalue weighted by Gasteiger charge is -2.22. The quantitative estimate of drug-likeness (QED) is 0.392. The number of nitrogens with zero attached hydrogens (tertiary/aromatic N) is 1. The Morgan fingerprint density at radius 3 is 2.12 bits per heavy atom. The molecule has 0 aliphatic carbocycles. The Hall–Kier alpha value is -4.12. The number of nitrogens with one attached hydrogen (secondary N) is 1. The summed E-state index contributed by atoms with van der Waals surface area (Å²) in [7, 11) is 0. The smallest absolute Gasteiger partial charge is 0.294 e.